The van der Waals surface area contributed by atoms with Crippen LogP contribution >= 0.6 is 0 Å². The van der Waals surface area contributed by atoms with E-state index in [1.165, 1.54) is 40.9 Å². The fourth-order valence-electron chi connectivity index (χ4n) is 2.91. The number of hydrogen-bond donors (Lipinski definition) is 2. The lowest BCUT2D eigenvalue weighted by molar-refractivity contribution is 0.825. The third-order valence-electron chi connectivity index (χ3n) is 4.22. The van der Waals surface area contributed by atoms with E-state index < -0.39 is 0 Å². The summed E-state index contributed by atoms with van der Waals surface area (Å²) in [6, 6.07) is 15.4. The molecular weight excluding hydrogens is 256 g/mol. The van der Waals surface area contributed by atoms with Gasteiger partial charge in [0.1, 0.15) is 0 Å². The molecule has 0 unspecified atom stereocenters. The Balaban J connectivity index is 1.70. The standard InChI is InChI=1S/C19H24N2/c1-14(2)15-8-10-18(11-9-15)21-13-17-6-3-5-16-7-4-12-20-19(16)17/h3,5-6,8-11,14,20-21H,4,7,12-13H2,1-2H3. The monoisotopic (exact) mass is 280 g/mol. The van der Waals surface area contributed by atoms with Crippen LogP contribution in [-0.2, 0) is 13.0 Å². The molecule has 0 radical (unpaired) electrons. The molecule has 0 amide bonds. The summed E-state index contributed by atoms with van der Waals surface area (Å²) in [7, 11) is 0. The molecule has 1 aliphatic rings. The molecule has 1 aliphatic heterocycles. The molecule has 0 bridgehead atoms. The first-order valence-corrected chi connectivity index (χ1v) is 7.92. The summed E-state index contributed by atoms with van der Waals surface area (Å²) in [5.41, 5.74) is 6.73. The maximum atomic E-state index is 3.55. The Morgan fingerprint density at radius 2 is 1.90 bits per heavy atom. The molecule has 0 fully saturated rings. The van der Waals surface area contributed by atoms with E-state index in [-0.39, 0.29) is 0 Å². The van der Waals surface area contributed by atoms with Crippen molar-refractivity contribution in [1.29, 1.82) is 0 Å². The first-order valence-electron chi connectivity index (χ1n) is 7.92. The van der Waals surface area contributed by atoms with Gasteiger partial charge in [0.15, 0.2) is 0 Å². The molecule has 2 heteroatoms. The van der Waals surface area contributed by atoms with Crippen molar-refractivity contribution in [3.8, 4) is 0 Å². The smallest absolute Gasteiger partial charge is 0.0423 e. The average Bonchev–Trinajstić information content (AvgIpc) is 2.53. The summed E-state index contributed by atoms with van der Waals surface area (Å²) in [5, 5.41) is 7.09. The van der Waals surface area contributed by atoms with Crippen molar-refractivity contribution < 1.29 is 0 Å². The lowest BCUT2D eigenvalue weighted by Gasteiger charge is -2.21. The molecule has 0 atom stereocenters. The van der Waals surface area contributed by atoms with Crippen molar-refractivity contribution in [1.82, 2.24) is 0 Å². The number of rotatable bonds is 4. The summed E-state index contributed by atoms with van der Waals surface area (Å²) in [6.07, 6.45) is 2.43. The van der Waals surface area contributed by atoms with Gasteiger partial charge in [-0.2, -0.15) is 0 Å². The van der Waals surface area contributed by atoms with Crippen LogP contribution in [0.1, 0.15) is 42.9 Å². The molecule has 0 aromatic heterocycles. The number of nitrogens with one attached hydrogen (secondary N) is 2. The van der Waals surface area contributed by atoms with Crippen LogP contribution in [0.15, 0.2) is 42.5 Å². The fraction of sp³-hybridized carbons (Fsp3) is 0.368. The molecule has 1 heterocycles. The van der Waals surface area contributed by atoms with Gasteiger partial charge in [0.2, 0.25) is 0 Å². The first kappa shape index (κ1) is 14.0. The van der Waals surface area contributed by atoms with Crippen LogP contribution in [0.25, 0.3) is 0 Å². The van der Waals surface area contributed by atoms with Crippen LogP contribution < -0.4 is 10.6 Å². The van der Waals surface area contributed by atoms with Crippen molar-refractivity contribution >= 4 is 11.4 Å². The van der Waals surface area contributed by atoms with E-state index >= 15 is 0 Å². The molecule has 2 nitrogen and oxygen atoms in total. The van der Waals surface area contributed by atoms with Gasteiger partial charge in [0.05, 0.1) is 0 Å². The largest absolute Gasteiger partial charge is 0.385 e. The Morgan fingerprint density at radius 3 is 2.67 bits per heavy atom. The van der Waals surface area contributed by atoms with Gasteiger partial charge >= 0.3 is 0 Å². The lowest BCUT2D eigenvalue weighted by atomic mass is 9.99. The second-order valence-electron chi connectivity index (χ2n) is 6.11. The topological polar surface area (TPSA) is 24.1 Å². The quantitative estimate of drug-likeness (QED) is 0.842. The number of fused-ring (bicyclic) bond motifs is 1. The number of anilines is 2. The maximum Gasteiger partial charge on any atom is 0.0423 e. The van der Waals surface area contributed by atoms with Crippen molar-refractivity contribution in [3.05, 3.63) is 59.2 Å². The van der Waals surface area contributed by atoms with Crippen molar-refractivity contribution in [3.63, 3.8) is 0 Å². The Kier molecular flexibility index (Phi) is 4.14. The second-order valence-corrected chi connectivity index (χ2v) is 6.11. The lowest BCUT2D eigenvalue weighted by Crippen LogP contribution is -2.14. The zero-order chi connectivity index (χ0) is 14.7. The minimum Gasteiger partial charge on any atom is -0.385 e. The molecule has 21 heavy (non-hydrogen) atoms. The zero-order valence-electron chi connectivity index (χ0n) is 12.9. The molecule has 0 spiro atoms. The highest BCUT2D eigenvalue weighted by molar-refractivity contribution is 5.60. The third kappa shape index (κ3) is 3.21. The first-order chi connectivity index (χ1) is 10.2. The number of hydrogen-bond acceptors (Lipinski definition) is 2. The number of aryl methyl sites for hydroxylation is 1. The van der Waals surface area contributed by atoms with E-state index in [1.807, 2.05) is 0 Å². The number of benzene rings is 2. The molecule has 0 aliphatic carbocycles. The molecule has 0 saturated carbocycles. The van der Waals surface area contributed by atoms with Crippen LogP contribution in [0.4, 0.5) is 11.4 Å². The summed E-state index contributed by atoms with van der Waals surface area (Å²) in [4.78, 5) is 0. The van der Waals surface area contributed by atoms with Gasteiger partial charge in [-0.3, -0.25) is 0 Å². The van der Waals surface area contributed by atoms with Crippen LogP contribution in [0.3, 0.4) is 0 Å². The maximum absolute atomic E-state index is 3.55. The number of para-hydroxylation sites is 1. The second kappa shape index (κ2) is 6.21. The van der Waals surface area contributed by atoms with Gasteiger partial charge in [0.25, 0.3) is 0 Å². The van der Waals surface area contributed by atoms with Gasteiger partial charge in [-0.25, -0.2) is 0 Å². The molecule has 2 aromatic carbocycles. The Bertz CT molecular complexity index is 599. The van der Waals surface area contributed by atoms with Gasteiger partial charge < -0.3 is 10.6 Å². The molecule has 0 saturated heterocycles. The minimum absolute atomic E-state index is 0.587. The SMILES string of the molecule is CC(C)c1ccc(NCc2cccc3c2NCCC3)cc1. The van der Waals surface area contributed by atoms with Crippen LogP contribution in [0, 0.1) is 0 Å². The molecule has 2 N–H and O–H groups in total. The van der Waals surface area contributed by atoms with Gasteiger partial charge in [-0.05, 0) is 47.6 Å². The highest BCUT2D eigenvalue weighted by Gasteiger charge is 2.11. The Labute approximate surface area is 127 Å². The van der Waals surface area contributed by atoms with Gasteiger partial charge in [-0.1, -0.05) is 44.2 Å². The molecular formula is C19H24N2. The van der Waals surface area contributed by atoms with E-state index in [9.17, 15) is 0 Å². The predicted octanol–water partition coefficient (Wildman–Crippen LogP) is 4.78. The highest BCUT2D eigenvalue weighted by atomic mass is 14.9. The fourth-order valence-corrected chi connectivity index (χ4v) is 2.91. The van der Waals surface area contributed by atoms with Crippen molar-refractivity contribution in [2.45, 2.75) is 39.2 Å². The van der Waals surface area contributed by atoms with Crippen LogP contribution in [0.2, 0.25) is 0 Å². The van der Waals surface area contributed by atoms with E-state index in [2.05, 4.69) is 66.9 Å². The van der Waals surface area contributed by atoms with E-state index in [4.69, 9.17) is 0 Å². The van der Waals surface area contributed by atoms with Gasteiger partial charge in [0, 0.05) is 24.5 Å². The Morgan fingerprint density at radius 1 is 1.10 bits per heavy atom. The van der Waals surface area contributed by atoms with E-state index in [1.54, 1.807) is 0 Å². The third-order valence-corrected chi connectivity index (χ3v) is 4.22. The Hall–Kier alpha value is -1.96. The van der Waals surface area contributed by atoms with Crippen molar-refractivity contribution in [2.24, 2.45) is 0 Å². The zero-order valence-corrected chi connectivity index (χ0v) is 12.9. The predicted molar refractivity (Wildman–Crippen MR) is 91.1 cm³/mol. The van der Waals surface area contributed by atoms with Crippen LogP contribution in [0.5, 0.6) is 0 Å². The average molecular weight is 280 g/mol. The van der Waals surface area contributed by atoms with E-state index in [0.717, 1.165) is 13.1 Å². The normalized spacial score (nSPS) is 13.7. The minimum atomic E-state index is 0.587. The molecule has 110 valence electrons. The van der Waals surface area contributed by atoms with E-state index in [0.29, 0.717) is 5.92 Å². The summed E-state index contributed by atoms with van der Waals surface area (Å²) < 4.78 is 0. The van der Waals surface area contributed by atoms with Gasteiger partial charge in [-0.15, -0.1) is 0 Å². The van der Waals surface area contributed by atoms with Crippen molar-refractivity contribution in [2.75, 3.05) is 17.2 Å². The summed E-state index contributed by atoms with van der Waals surface area (Å²) in [5.74, 6) is 0.587. The molecule has 3 rings (SSSR count). The molecule has 2 aromatic rings. The summed E-state index contributed by atoms with van der Waals surface area (Å²) >= 11 is 0. The highest BCUT2D eigenvalue weighted by Crippen LogP contribution is 2.27. The summed E-state index contributed by atoms with van der Waals surface area (Å²) in [6.45, 7) is 6.42. The van der Waals surface area contributed by atoms with Crippen LogP contribution in [-0.4, -0.2) is 6.54 Å².